The normalized spacial score (nSPS) is 16.3. The lowest BCUT2D eigenvalue weighted by Crippen LogP contribution is -2.31. The second-order valence-electron chi connectivity index (χ2n) is 4.17. The molecule has 1 atom stereocenters. The Morgan fingerprint density at radius 2 is 1.67 bits per heavy atom. The highest BCUT2D eigenvalue weighted by Gasteiger charge is 2.33. The number of ketones is 2. The van der Waals surface area contributed by atoms with E-state index in [2.05, 4.69) is 5.32 Å². The molecule has 1 aromatic rings. The number of hydrogen-bond donors (Lipinski definition) is 1. The van der Waals surface area contributed by atoms with Crippen molar-refractivity contribution in [1.29, 1.82) is 0 Å². The molecule has 92 valence electrons. The SMILES string of the molecule is CNC1=C(C(C)C=O)C(=O)c2ccccc2C1=O. The van der Waals surface area contributed by atoms with Crippen LogP contribution in [0.1, 0.15) is 27.6 Å². The van der Waals surface area contributed by atoms with Gasteiger partial charge in [-0.3, -0.25) is 9.59 Å². The maximum Gasteiger partial charge on any atom is 0.210 e. The Morgan fingerprint density at radius 1 is 1.11 bits per heavy atom. The number of nitrogens with one attached hydrogen (secondary N) is 1. The molecule has 4 nitrogen and oxygen atoms in total. The minimum atomic E-state index is -0.600. The molecule has 1 unspecified atom stereocenters. The number of aldehydes is 1. The summed E-state index contributed by atoms with van der Waals surface area (Å²) in [6.07, 6.45) is 0.672. The van der Waals surface area contributed by atoms with Gasteiger partial charge in [-0.2, -0.15) is 0 Å². The van der Waals surface area contributed by atoms with Crippen LogP contribution in [-0.2, 0) is 4.79 Å². The van der Waals surface area contributed by atoms with Gasteiger partial charge in [0.05, 0.1) is 5.70 Å². The zero-order chi connectivity index (χ0) is 13.3. The smallest absolute Gasteiger partial charge is 0.210 e. The van der Waals surface area contributed by atoms with Gasteiger partial charge in [0, 0.05) is 29.7 Å². The fourth-order valence-corrected chi connectivity index (χ4v) is 2.15. The maximum absolute atomic E-state index is 12.3. The van der Waals surface area contributed by atoms with E-state index in [0.717, 1.165) is 0 Å². The van der Waals surface area contributed by atoms with Crippen molar-refractivity contribution in [3.8, 4) is 0 Å². The van der Waals surface area contributed by atoms with Crippen molar-refractivity contribution in [1.82, 2.24) is 5.32 Å². The molecule has 1 N–H and O–H groups in total. The van der Waals surface area contributed by atoms with Crippen LogP contribution in [0.5, 0.6) is 0 Å². The standard InChI is InChI=1S/C14H13NO3/c1-8(7-16)11-12(15-2)14(18)10-6-4-3-5-9(10)13(11)17/h3-8,15H,1-2H3. The lowest BCUT2D eigenvalue weighted by molar-refractivity contribution is -0.109. The van der Waals surface area contributed by atoms with Crippen molar-refractivity contribution < 1.29 is 14.4 Å². The van der Waals surface area contributed by atoms with Crippen molar-refractivity contribution in [2.75, 3.05) is 7.05 Å². The van der Waals surface area contributed by atoms with Gasteiger partial charge >= 0.3 is 0 Å². The first-order chi connectivity index (χ1) is 8.61. The predicted octanol–water partition coefficient (Wildman–Crippen LogP) is 1.37. The largest absolute Gasteiger partial charge is 0.385 e. The van der Waals surface area contributed by atoms with Gasteiger partial charge in [0.1, 0.15) is 6.29 Å². The van der Waals surface area contributed by atoms with Crippen LogP contribution in [0.4, 0.5) is 0 Å². The molecule has 0 aromatic heterocycles. The van der Waals surface area contributed by atoms with E-state index in [1.165, 1.54) is 0 Å². The van der Waals surface area contributed by atoms with E-state index in [4.69, 9.17) is 0 Å². The first-order valence-electron chi connectivity index (χ1n) is 5.67. The van der Waals surface area contributed by atoms with Gasteiger partial charge in [-0.1, -0.05) is 31.2 Å². The number of rotatable bonds is 3. The molecule has 4 heteroatoms. The van der Waals surface area contributed by atoms with Gasteiger partial charge in [0.15, 0.2) is 5.78 Å². The summed E-state index contributed by atoms with van der Waals surface area (Å²) >= 11 is 0. The van der Waals surface area contributed by atoms with Crippen LogP contribution in [0.25, 0.3) is 0 Å². The van der Waals surface area contributed by atoms with Gasteiger partial charge in [-0.25, -0.2) is 0 Å². The Hall–Kier alpha value is -2.23. The summed E-state index contributed by atoms with van der Waals surface area (Å²) in [5, 5.41) is 2.74. The molecule has 0 fully saturated rings. The summed E-state index contributed by atoms with van der Waals surface area (Å²) in [4.78, 5) is 35.5. The molecule has 0 radical (unpaired) electrons. The number of allylic oxidation sites excluding steroid dienone is 2. The quantitative estimate of drug-likeness (QED) is 0.814. The minimum Gasteiger partial charge on any atom is -0.385 e. The highest BCUT2D eigenvalue weighted by atomic mass is 16.1. The van der Waals surface area contributed by atoms with E-state index < -0.39 is 5.92 Å². The van der Waals surface area contributed by atoms with E-state index in [0.29, 0.717) is 17.4 Å². The zero-order valence-electron chi connectivity index (χ0n) is 10.2. The first-order valence-corrected chi connectivity index (χ1v) is 5.67. The molecule has 0 saturated carbocycles. The van der Waals surface area contributed by atoms with Crippen LogP contribution < -0.4 is 5.32 Å². The van der Waals surface area contributed by atoms with Crippen LogP contribution >= 0.6 is 0 Å². The highest BCUT2D eigenvalue weighted by Crippen LogP contribution is 2.28. The number of hydrogen-bond acceptors (Lipinski definition) is 4. The Labute approximate surface area is 105 Å². The average Bonchev–Trinajstić information content (AvgIpc) is 2.41. The topological polar surface area (TPSA) is 63.2 Å². The number of likely N-dealkylation sites (N-methyl/N-ethyl adjacent to an activating group) is 1. The second-order valence-corrected chi connectivity index (χ2v) is 4.17. The second kappa shape index (κ2) is 4.56. The molecule has 1 aliphatic carbocycles. The van der Waals surface area contributed by atoms with Gasteiger partial charge in [0.2, 0.25) is 5.78 Å². The molecular formula is C14H13NO3. The van der Waals surface area contributed by atoms with E-state index in [9.17, 15) is 14.4 Å². The Balaban J connectivity index is 2.68. The van der Waals surface area contributed by atoms with E-state index in [1.807, 2.05) is 0 Å². The number of Topliss-reactive ketones (excluding diaryl/α,β-unsaturated/α-hetero) is 2. The summed E-state index contributed by atoms with van der Waals surface area (Å²) in [6.45, 7) is 1.61. The highest BCUT2D eigenvalue weighted by molar-refractivity contribution is 6.27. The van der Waals surface area contributed by atoms with Crippen molar-refractivity contribution in [3.63, 3.8) is 0 Å². The summed E-state index contributed by atoms with van der Waals surface area (Å²) in [5.41, 5.74) is 1.22. The van der Waals surface area contributed by atoms with Gasteiger partial charge in [0.25, 0.3) is 0 Å². The first kappa shape index (κ1) is 12.2. The van der Waals surface area contributed by atoms with Crippen LogP contribution in [-0.4, -0.2) is 24.9 Å². The van der Waals surface area contributed by atoms with Crippen molar-refractivity contribution in [2.45, 2.75) is 6.92 Å². The van der Waals surface area contributed by atoms with Gasteiger partial charge in [-0.15, -0.1) is 0 Å². The summed E-state index contributed by atoms with van der Waals surface area (Å²) in [6, 6.07) is 6.65. The number of benzene rings is 1. The molecule has 0 saturated heterocycles. The molecule has 18 heavy (non-hydrogen) atoms. The number of carbonyl (C=O) groups excluding carboxylic acids is 3. The Morgan fingerprint density at radius 3 is 2.17 bits per heavy atom. The molecule has 0 aliphatic heterocycles. The van der Waals surface area contributed by atoms with Gasteiger partial charge < -0.3 is 10.1 Å². The van der Waals surface area contributed by atoms with Crippen molar-refractivity contribution in [3.05, 3.63) is 46.7 Å². The molecular weight excluding hydrogens is 230 g/mol. The average molecular weight is 243 g/mol. The molecule has 0 spiro atoms. The molecule has 0 amide bonds. The van der Waals surface area contributed by atoms with Crippen molar-refractivity contribution in [2.24, 2.45) is 5.92 Å². The predicted molar refractivity (Wildman–Crippen MR) is 66.4 cm³/mol. The van der Waals surface area contributed by atoms with E-state index in [-0.39, 0.29) is 22.8 Å². The van der Waals surface area contributed by atoms with Crippen LogP contribution in [0, 0.1) is 5.92 Å². The summed E-state index contributed by atoms with van der Waals surface area (Å²) in [7, 11) is 1.58. The Bertz CT molecular complexity index is 572. The maximum atomic E-state index is 12.3. The van der Waals surface area contributed by atoms with Crippen LogP contribution in [0.15, 0.2) is 35.5 Å². The van der Waals surface area contributed by atoms with Crippen molar-refractivity contribution >= 4 is 17.9 Å². The third-order valence-electron chi connectivity index (χ3n) is 3.07. The number of fused-ring (bicyclic) bond motifs is 1. The zero-order valence-corrected chi connectivity index (χ0v) is 10.2. The molecule has 1 aromatic carbocycles. The summed E-state index contributed by atoms with van der Waals surface area (Å²) < 4.78 is 0. The third kappa shape index (κ3) is 1.66. The van der Waals surface area contributed by atoms with Crippen LogP contribution in [0.3, 0.4) is 0 Å². The fraction of sp³-hybridized carbons (Fsp3) is 0.214. The third-order valence-corrected chi connectivity index (χ3v) is 3.07. The van der Waals surface area contributed by atoms with Crippen LogP contribution in [0.2, 0.25) is 0 Å². The molecule has 2 rings (SSSR count). The monoisotopic (exact) mass is 243 g/mol. The van der Waals surface area contributed by atoms with E-state index in [1.54, 1.807) is 38.2 Å². The summed E-state index contributed by atoms with van der Waals surface area (Å²) in [5.74, 6) is -1.09. The lowest BCUT2D eigenvalue weighted by atomic mass is 9.82. The fourth-order valence-electron chi connectivity index (χ4n) is 2.15. The number of carbonyl (C=O) groups is 3. The van der Waals surface area contributed by atoms with Gasteiger partial charge in [-0.05, 0) is 0 Å². The molecule has 0 heterocycles. The lowest BCUT2D eigenvalue weighted by Gasteiger charge is -2.22. The Kier molecular flexibility index (Phi) is 3.10. The van der Waals surface area contributed by atoms with E-state index >= 15 is 0 Å². The molecule has 1 aliphatic rings. The molecule has 0 bridgehead atoms. The minimum absolute atomic E-state index is 0.221.